The fraction of sp³-hybridized carbons (Fsp3) is 0.0952. The summed E-state index contributed by atoms with van der Waals surface area (Å²) in [4.78, 5) is 12.7. The van der Waals surface area contributed by atoms with E-state index in [-0.39, 0.29) is 11.7 Å². The predicted octanol–water partition coefficient (Wildman–Crippen LogP) is 3.34. The second kappa shape index (κ2) is 9.25. The minimum Gasteiger partial charge on any atom is -0.867 e. The quantitative estimate of drug-likeness (QED) is 0.222. The number of nitrogens with zero attached hydrogens (tertiary/aromatic N) is 1. The Morgan fingerprint density at radius 3 is 2.46 bits per heavy atom. The van der Waals surface area contributed by atoms with Crippen LogP contribution in [0.3, 0.4) is 0 Å². The molecule has 0 aliphatic carbocycles. The second-order valence-electron chi connectivity index (χ2n) is 5.69. The van der Waals surface area contributed by atoms with Gasteiger partial charge in [0.15, 0.2) is 17.4 Å². The molecule has 2 aromatic heterocycles. The molecular formula is C21H18N2O3S2. The van der Waals surface area contributed by atoms with Gasteiger partial charge in [0.25, 0.3) is 0 Å². The highest BCUT2D eigenvalue weighted by Crippen LogP contribution is 2.21. The van der Waals surface area contributed by atoms with Gasteiger partial charge in [-0.1, -0.05) is 24.4 Å². The number of thiocarbonyl (C=S) groups is 1. The Bertz CT molecular complexity index is 982. The van der Waals surface area contributed by atoms with E-state index in [4.69, 9.17) is 17.0 Å². The zero-order valence-corrected chi connectivity index (χ0v) is 16.8. The molecule has 142 valence electrons. The minimum absolute atomic E-state index is 0.160. The SMILES string of the molecule is CCOC(=O)c1ccc(NC(=S)C(=C([O-])c2cccs2)[n+]2ccccc2)cc1. The van der Waals surface area contributed by atoms with Gasteiger partial charge in [0.2, 0.25) is 5.70 Å². The number of pyridine rings is 1. The number of carbonyl (C=O) groups is 1. The summed E-state index contributed by atoms with van der Waals surface area (Å²) in [7, 11) is 0. The van der Waals surface area contributed by atoms with E-state index in [0.29, 0.717) is 33.4 Å². The largest absolute Gasteiger partial charge is 0.867 e. The average molecular weight is 411 g/mol. The number of hydrogen-bond acceptors (Lipinski definition) is 5. The number of carbonyl (C=O) groups excluding carboxylic acids is 1. The van der Waals surface area contributed by atoms with Gasteiger partial charge >= 0.3 is 5.97 Å². The van der Waals surface area contributed by atoms with Crippen LogP contribution in [0, 0.1) is 0 Å². The highest BCUT2D eigenvalue weighted by molar-refractivity contribution is 7.81. The van der Waals surface area contributed by atoms with Gasteiger partial charge in [0.05, 0.1) is 12.2 Å². The van der Waals surface area contributed by atoms with Crippen molar-refractivity contribution in [3.8, 4) is 0 Å². The fourth-order valence-corrected chi connectivity index (χ4v) is 3.48. The van der Waals surface area contributed by atoms with Crippen molar-refractivity contribution in [2.75, 3.05) is 11.9 Å². The van der Waals surface area contributed by atoms with Gasteiger partial charge in [-0.15, -0.1) is 11.3 Å². The number of esters is 1. The lowest BCUT2D eigenvalue weighted by Gasteiger charge is -2.15. The Balaban J connectivity index is 1.89. The normalized spacial score (nSPS) is 11.5. The maximum Gasteiger partial charge on any atom is 0.338 e. The lowest BCUT2D eigenvalue weighted by atomic mass is 10.2. The number of benzene rings is 1. The van der Waals surface area contributed by atoms with E-state index < -0.39 is 0 Å². The van der Waals surface area contributed by atoms with Crippen molar-refractivity contribution in [3.05, 3.63) is 82.8 Å². The van der Waals surface area contributed by atoms with Crippen LogP contribution in [0.2, 0.25) is 0 Å². The highest BCUT2D eigenvalue weighted by Gasteiger charge is 2.19. The number of nitrogens with one attached hydrogen (secondary N) is 1. The molecule has 0 aliphatic heterocycles. The van der Waals surface area contributed by atoms with Crippen LogP contribution in [-0.2, 0) is 4.74 Å². The molecule has 5 nitrogen and oxygen atoms in total. The third kappa shape index (κ3) is 4.62. The fourth-order valence-electron chi connectivity index (χ4n) is 2.50. The van der Waals surface area contributed by atoms with Crippen molar-refractivity contribution >= 4 is 51.7 Å². The van der Waals surface area contributed by atoms with E-state index in [1.165, 1.54) is 11.3 Å². The van der Waals surface area contributed by atoms with Crippen molar-refractivity contribution in [1.82, 2.24) is 0 Å². The molecule has 0 amide bonds. The van der Waals surface area contributed by atoms with E-state index in [2.05, 4.69) is 5.32 Å². The molecule has 0 aliphatic rings. The summed E-state index contributed by atoms with van der Waals surface area (Å²) in [5, 5.41) is 18.0. The number of anilines is 1. The molecule has 0 fully saturated rings. The van der Waals surface area contributed by atoms with Crippen LogP contribution >= 0.6 is 23.6 Å². The minimum atomic E-state index is -0.378. The molecule has 28 heavy (non-hydrogen) atoms. The topological polar surface area (TPSA) is 65.3 Å². The van der Waals surface area contributed by atoms with E-state index in [1.807, 2.05) is 29.6 Å². The van der Waals surface area contributed by atoms with Crippen molar-refractivity contribution in [1.29, 1.82) is 0 Å². The number of thiophene rings is 1. The van der Waals surface area contributed by atoms with Gasteiger partial charge in [0.1, 0.15) is 0 Å². The van der Waals surface area contributed by atoms with E-state index >= 15 is 0 Å². The molecule has 2 heterocycles. The summed E-state index contributed by atoms with van der Waals surface area (Å²) in [5.41, 5.74) is 1.48. The van der Waals surface area contributed by atoms with Crippen LogP contribution in [-0.4, -0.2) is 17.6 Å². The molecule has 0 radical (unpaired) electrons. The van der Waals surface area contributed by atoms with Gasteiger partial charge in [-0.05, 0) is 48.4 Å². The Hall–Kier alpha value is -3.03. The number of ether oxygens (including phenoxy) is 1. The predicted molar refractivity (Wildman–Crippen MR) is 113 cm³/mol. The summed E-state index contributed by atoms with van der Waals surface area (Å²) in [6.45, 7) is 2.08. The van der Waals surface area contributed by atoms with E-state index in [9.17, 15) is 9.90 Å². The van der Waals surface area contributed by atoms with Gasteiger partial charge in [0, 0.05) is 22.7 Å². The molecule has 0 unspecified atom stereocenters. The molecule has 0 atom stereocenters. The number of aromatic nitrogens is 1. The second-order valence-corrected chi connectivity index (χ2v) is 7.05. The van der Waals surface area contributed by atoms with Gasteiger partial charge < -0.3 is 15.2 Å². The Kier molecular flexibility index (Phi) is 6.52. The maximum atomic E-state index is 13.0. The molecule has 0 saturated carbocycles. The van der Waals surface area contributed by atoms with Gasteiger partial charge in [-0.25, -0.2) is 4.79 Å². The average Bonchev–Trinajstić information content (AvgIpc) is 3.24. The van der Waals surface area contributed by atoms with E-state index in [1.54, 1.807) is 54.2 Å². The standard InChI is InChI=1S/C21H18N2O3S2/c1-2-26-21(25)15-8-10-16(11-9-15)22-20(27)18(23-12-4-3-5-13-23)19(24)17-7-6-14-28-17/h3-14H,2H2,1H3,(H-,22,24,25,27). The number of rotatable bonds is 6. The smallest absolute Gasteiger partial charge is 0.338 e. The van der Waals surface area contributed by atoms with E-state index in [0.717, 1.165) is 0 Å². The first-order valence-corrected chi connectivity index (χ1v) is 9.89. The highest BCUT2D eigenvalue weighted by atomic mass is 32.1. The Labute approximate surface area is 172 Å². The molecular weight excluding hydrogens is 392 g/mol. The molecule has 3 rings (SSSR count). The number of hydrogen-bond donors (Lipinski definition) is 1. The van der Waals surface area contributed by atoms with Gasteiger partial charge in [-0.3, -0.25) is 0 Å². The lowest BCUT2D eigenvalue weighted by Crippen LogP contribution is -2.39. The molecule has 1 aromatic carbocycles. The first kappa shape index (κ1) is 19.7. The van der Waals surface area contributed by atoms with Crippen molar-refractivity contribution in [2.24, 2.45) is 0 Å². The summed E-state index contributed by atoms with van der Waals surface area (Å²) in [6.07, 6.45) is 3.55. The zero-order valence-electron chi connectivity index (χ0n) is 15.1. The third-order valence-corrected chi connectivity index (χ3v) is 4.97. The maximum absolute atomic E-state index is 13.0. The Morgan fingerprint density at radius 2 is 1.86 bits per heavy atom. The third-order valence-electron chi connectivity index (χ3n) is 3.80. The van der Waals surface area contributed by atoms with Crippen molar-refractivity contribution in [3.63, 3.8) is 0 Å². The molecule has 0 bridgehead atoms. The van der Waals surface area contributed by atoms with Crippen LogP contribution in [0.5, 0.6) is 0 Å². The lowest BCUT2D eigenvalue weighted by molar-refractivity contribution is -0.577. The van der Waals surface area contributed by atoms with Crippen LogP contribution in [0.1, 0.15) is 22.2 Å². The van der Waals surface area contributed by atoms with Crippen LogP contribution in [0.15, 0.2) is 72.4 Å². The summed E-state index contributed by atoms with van der Waals surface area (Å²) in [6, 6.07) is 15.9. The van der Waals surface area contributed by atoms with Crippen molar-refractivity contribution < 1.29 is 19.2 Å². The first-order valence-electron chi connectivity index (χ1n) is 8.60. The molecule has 3 aromatic rings. The van der Waals surface area contributed by atoms with Crippen LogP contribution in [0.4, 0.5) is 5.69 Å². The first-order chi connectivity index (χ1) is 13.6. The van der Waals surface area contributed by atoms with Crippen molar-refractivity contribution in [2.45, 2.75) is 6.92 Å². The molecule has 0 saturated heterocycles. The Morgan fingerprint density at radius 1 is 1.14 bits per heavy atom. The summed E-state index contributed by atoms with van der Waals surface area (Å²) < 4.78 is 6.68. The molecule has 7 heteroatoms. The van der Waals surface area contributed by atoms with Gasteiger partial charge in [-0.2, -0.15) is 4.57 Å². The summed E-state index contributed by atoms with van der Waals surface area (Å²) >= 11 is 6.90. The summed E-state index contributed by atoms with van der Waals surface area (Å²) in [5.74, 6) is -0.538. The molecule has 1 N–H and O–H groups in total. The van der Waals surface area contributed by atoms with Crippen LogP contribution in [0.25, 0.3) is 11.5 Å². The monoisotopic (exact) mass is 410 g/mol. The molecule has 0 spiro atoms. The zero-order chi connectivity index (χ0) is 19.9. The van der Waals surface area contributed by atoms with Crippen LogP contribution < -0.4 is 15.0 Å².